The molecule has 2 heterocycles. The van der Waals surface area contributed by atoms with Crippen molar-refractivity contribution in [3.8, 4) is 34.4 Å². The van der Waals surface area contributed by atoms with Crippen molar-refractivity contribution < 1.29 is 9.47 Å². The molecule has 0 N–H and O–H groups in total. The predicted octanol–water partition coefficient (Wildman–Crippen LogP) is 8.42. The quantitative estimate of drug-likeness (QED) is 0.228. The van der Waals surface area contributed by atoms with Crippen LogP contribution in [-0.4, -0.2) is 9.97 Å². The number of fused-ring (bicyclic) bond motifs is 3. The number of pyridine rings is 2. The fourth-order valence-corrected chi connectivity index (χ4v) is 5.64. The third-order valence-electron chi connectivity index (χ3n) is 7.21. The monoisotopic (exact) mass is 504 g/mol. The first-order valence-electron chi connectivity index (χ1n) is 12.9. The van der Waals surface area contributed by atoms with Crippen molar-refractivity contribution in [1.82, 2.24) is 9.97 Å². The molecular weight excluding hydrogens is 480 g/mol. The summed E-state index contributed by atoms with van der Waals surface area (Å²) < 4.78 is 12.3. The second kappa shape index (κ2) is 9.58. The maximum Gasteiger partial charge on any atom is 0.219 e. The van der Waals surface area contributed by atoms with Crippen LogP contribution in [0.5, 0.6) is 23.3 Å². The highest BCUT2D eigenvalue weighted by atomic mass is 16.5. The molecule has 0 unspecified atom stereocenters. The molecule has 186 valence electrons. The Kier molecular flexibility index (Phi) is 5.64. The van der Waals surface area contributed by atoms with Gasteiger partial charge in [-0.3, -0.25) is 0 Å². The molecule has 7 rings (SSSR count). The van der Waals surface area contributed by atoms with E-state index in [9.17, 15) is 0 Å². The van der Waals surface area contributed by atoms with E-state index in [2.05, 4.69) is 94.9 Å². The summed E-state index contributed by atoms with van der Waals surface area (Å²) >= 11 is 0. The number of hydrogen-bond donors (Lipinski definition) is 0. The van der Waals surface area contributed by atoms with Crippen LogP contribution in [0.4, 0.5) is 0 Å². The largest absolute Gasteiger partial charge is 0.439 e. The topological polar surface area (TPSA) is 44.2 Å². The van der Waals surface area contributed by atoms with E-state index in [4.69, 9.17) is 9.47 Å². The second-order valence-electron chi connectivity index (χ2n) is 9.44. The van der Waals surface area contributed by atoms with Crippen LogP contribution in [0.1, 0.15) is 22.3 Å². The van der Waals surface area contributed by atoms with Gasteiger partial charge in [-0.25, -0.2) is 9.97 Å². The Morgan fingerprint density at radius 2 is 0.872 bits per heavy atom. The van der Waals surface area contributed by atoms with Crippen molar-refractivity contribution >= 4 is 0 Å². The molecule has 0 saturated heterocycles. The smallest absolute Gasteiger partial charge is 0.219 e. The Labute approximate surface area is 227 Å². The van der Waals surface area contributed by atoms with Gasteiger partial charge in [0.05, 0.1) is 5.41 Å². The van der Waals surface area contributed by atoms with Crippen LogP contribution >= 0.6 is 0 Å². The molecule has 0 bridgehead atoms. The van der Waals surface area contributed by atoms with Crippen molar-refractivity contribution in [3.63, 3.8) is 0 Å². The van der Waals surface area contributed by atoms with Crippen LogP contribution in [0, 0.1) is 0 Å². The molecular formula is C35H24N2O2. The Morgan fingerprint density at radius 3 is 1.28 bits per heavy atom. The maximum atomic E-state index is 6.17. The van der Waals surface area contributed by atoms with Crippen LogP contribution in [0.3, 0.4) is 0 Å². The first-order valence-corrected chi connectivity index (χ1v) is 12.9. The molecule has 0 fully saturated rings. The minimum Gasteiger partial charge on any atom is -0.439 e. The molecule has 0 amide bonds. The van der Waals surface area contributed by atoms with E-state index >= 15 is 0 Å². The van der Waals surface area contributed by atoms with Crippen LogP contribution in [-0.2, 0) is 5.41 Å². The SMILES string of the molecule is c1ccc(C2(c3ccccc3)c3ccc(Oc4ccccn4)cc3-c3cc(Oc4ccccn4)ccc32)cc1. The fraction of sp³-hybridized carbons (Fsp3) is 0.0286. The molecule has 1 aliphatic carbocycles. The number of hydrogen-bond acceptors (Lipinski definition) is 4. The Balaban J connectivity index is 1.47. The lowest BCUT2D eigenvalue weighted by molar-refractivity contribution is 0.462. The molecule has 0 spiro atoms. The molecule has 4 nitrogen and oxygen atoms in total. The van der Waals surface area contributed by atoms with E-state index in [1.807, 2.05) is 48.5 Å². The Hall–Kier alpha value is -5.22. The zero-order valence-electron chi connectivity index (χ0n) is 21.1. The first kappa shape index (κ1) is 22.9. The summed E-state index contributed by atoms with van der Waals surface area (Å²) in [4.78, 5) is 8.69. The van der Waals surface area contributed by atoms with Gasteiger partial charge in [-0.15, -0.1) is 0 Å². The van der Waals surface area contributed by atoms with Crippen molar-refractivity contribution in [1.29, 1.82) is 0 Å². The van der Waals surface area contributed by atoms with Crippen molar-refractivity contribution in [2.24, 2.45) is 0 Å². The van der Waals surface area contributed by atoms with Gasteiger partial charge in [0.1, 0.15) is 11.5 Å². The average Bonchev–Trinajstić information content (AvgIpc) is 3.29. The number of ether oxygens (including phenoxy) is 2. The molecule has 0 atom stereocenters. The lowest BCUT2D eigenvalue weighted by Crippen LogP contribution is -2.28. The highest BCUT2D eigenvalue weighted by Crippen LogP contribution is 2.57. The molecule has 6 aromatic rings. The van der Waals surface area contributed by atoms with Crippen molar-refractivity contribution in [2.75, 3.05) is 0 Å². The minimum atomic E-state index is -0.500. The molecule has 1 aliphatic rings. The minimum absolute atomic E-state index is 0.500. The first-order chi connectivity index (χ1) is 19.3. The third-order valence-corrected chi connectivity index (χ3v) is 7.21. The van der Waals surface area contributed by atoms with E-state index in [1.165, 1.54) is 22.3 Å². The van der Waals surface area contributed by atoms with E-state index in [1.54, 1.807) is 12.4 Å². The lowest BCUT2D eigenvalue weighted by Gasteiger charge is -2.33. The zero-order valence-corrected chi connectivity index (χ0v) is 21.1. The van der Waals surface area contributed by atoms with Crippen LogP contribution in [0.2, 0.25) is 0 Å². The van der Waals surface area contributed by atoms with Gasteiger partial charge in [0.25, 0.3) is 0 Å². The van der Waals surface area contributed by atoms with Gasteiger partial charge in [0.15, 0.2) is 0 Å². The van der Waals surface area contributed by atoms with Gasteiger partial charge in [-0.05, 0) is 69.8 Å². The zero-order chi connectivity index (χ0) is 26.1. The molecule has 4 aromatic carbocycles. The fourth-order valence-electron chi connectivity index (χ4n) is 5.64. The standard InChI is InChI=1S/C35H24N2O2/c1-3-11-25(12-4-1)35(26-13-5-2-6-14-26)31-19-17-27(38-33-15-7-9-21-36-33)23-29(31)30-24-28(18-20-32(30)35)39-34-16-8-10-22-37-34/h1-24H. The molecule has 0 radical (unpaired) electrons. The van der Waals surface area contributed by atoms with Crippen LogP contribution in [0.25, 0.3) is 11.1 Å². The predicted molar refractivity (Wildman–Crippen MR) is 152 cm³/mol. The Bertz CT molecular complexity index is 1610. The van der Waals surface area contributed by atoms with Gasteiger partial charge >= 0.3 is 0 Å². The van der Waals surface area contributed by atoms with Crippen molar-refractivity contribution in [3.05, 3.63) is 168 Å². The van der Waals surface area contributed by atoms with E-state index in [-0.39, 0.29) is 0 Å². The van der Waals surface area contributed by atoms with Crippen LogP contribution in [0.15, 0.2) is 146 Å². The number of nitrogens with zero attached hydrogens (tertiary/aromatic N) is 2. The molecule has 39 heavy (non-hydrogen) atoms. The number of rotatable bonds is 6. The molecule has 0 saturated carbocycles. The maximum absolute atomic E-state index is 6.17. The van der Waals surface area contributed by atoms with Gasteiger partial charge < -0.3 is 9.47 Å². The van der Waals surface area contributed by atoms with E-state index in [0.29, 0.717) is 11.8 Å². The van der Waals surface area contributed by atoms with E-state index in [0.717, 1.165) is 22.6 Å². The normalized spacial score (nSPS) is 12.8. The molecule has 0 aliphatic heterocycles. The molecule has 2 aromatic heterocycles. The average molecular weight is 505 g/mol. The highest BCUT2D eigenvalue weighted by Gasteiger charge is 2.46. The van der Waals surface area contributed by atoms with Crippen LogP contribution < -0.4 is 9.47 Å². The molecule has 4 heteroatoms. The van der Waals surface area contributed by atoms with Gasteiger partial charge in [0, 0.05) is 24.5 Å². The van der Waals surface area contributed by atoms with Crippen molar-refractivity contribution in [2.45, 2.75) is 5.41 Å². The van der Waals surface area contributed by atoms with Gasteiger partial charge in [-0.2, -0.15) is 0 Å². The van der Waals surface area contributed by atoms with Gasteiger partial charge in [-0.1, -0.05) is 84.9 Å². The van der Waals surface area contributed by atoms with Gasteiger partial charge in [0.2, 0.25) is 11.8 Å². The summed E-state index contributed by atoms with van der Waals surface area (Å²) in [5, 5.41) is 0. The Morgan fingerprint density at radius 1 is 0.436 bits per heavy atom. The summed E-state index contributed by atoms with van der Waals surface area (Å²) in [6.07, 6.45) is 3.46. The highest BCUT2D eigenvalue weighted by molar-refractivity contribution is 5.87. The summed E-state index contributed by atoms with van der Waals surface area (Å²) in [6, 6.07) is 45.4. The second-order valence-corrected chi connectivity index (χ2v) is 9.44. The lowest BCUT2D eigenvalue weighted by atomic mass is 9.68. The summed E-state index contributed by atoms with van der Waals surface area (Å²) in [5.41, 5.74) is 6.48. The summed E-state index contributed by atoms with van der Waals surface area (Å²) in [6.45, 7) is 0. The number of benzene rings is 4. The third kappa shape index (κ3) is 3.94. The summed E-state index contributed by atoms with van der Waals surface area (Å²) in [5.74, 6) is 2.57. The number of aromatic nitrogens is 2. The summed E-state index contributed by atoms with van der Waals surface area (Å²) in [7, 11) is 0. The van der Waals surface area contributed by atoms with E-state index < -0.39 is 5.41 Å².